The summed E-state index contributed by atoms with van der Waals surface area (Å²) in [6.07, 6.45) is 2.23. The molecular formula is C21H20N2OS. The van der Waals surface area contributed by atoms with Crippen molar-refractivity contribution in [3.63, 3.8) is 0 Å². The largest absolute Gasteiger partial charge is 0.497 e. The SMILES string of the molecule is COc1ccc(C2N=C3SCCN3C3=C2c2ccccc2CC3)cc1. The smallest absolute Gasteiger partial charge is 0.164 e. The van der Waals surface area contributed by atoms with E-state index in [9.17, 15) is 0 Å². The predicted molar refractivity (Wildman–Crippen MR) is 104 cm³/mol. The van der Waals surface area contributed by atoms with Gasteiger partial charge < -0.3 is 9.64 Å². The van der Waals surface area contributed by atoms with Gasteiger partial charge in [-0.15, -0.1) is 0 Å². The number of ether oxygens (including phenoxy) is 1. The highest BCUT2D eigenvalue weighted by Gasteiger charge is 2.36. The van der Waals surface area contributed by atoms with Gasteiger partial charge in [-0.1, -0.05) is 48.2 Å². The number of hydrogen-bond donors (Lipinski definition) is 0. The zero-order chi connectivity index (χ0) is 16.8. The standard InChI is InChI=1S/C21H20N2OS/c1-24-16-9-6-15(7-10-16)20-19-17-5-3-2-4-14(17)8-11-18(19)23-12-13-25-21(23)22-20/h2-7,9-10,20H,8,11-13H2,1H3. The highest BCUT2D eigenvalue weighted by atomic mass is 32.2. The number of rotatable bonds is 2. The van der Waals surface area contributed by atoms with E-state index < -0.39 is 0 Å². The molecule has 3 aliphatic rings. The minimum atomic E-state index is 0.0826. The van der Waals surface area contributed by atoms with Crippen molar-refractivity contribution in [1.29, 1.82) is 0 Å². The fourth-order valence-corrected chi connectivity index (χ4v) is 5.08. The Morgan fingerprint density at radius 2 is 1.92 bits per heavy atom. The summed E-state index contributed by atoms with van der Waals surface area (Å²) in [5.74, 6) is 2.02. The van der Waals surface area contributed by atoms with Crippen LogP contribution in [0.2, 0.25) is 0 Å². The number of benzene rings is 2. The number of hydrogen-bond acceptors (Lipinski definition) is 4. The van der Waals surface area contributed by atoms with E-state index in [-0.39, 0.29) is 6.04 Å². The van der Waals surface area contributed by atoms with Gasteiger partial charge in [0.1, 0.15) is 11.8 Å². The van der Waals surface area contributed by atoms with Crippen molar-refractivity contribution in [3.8, 4) is 5.75 Å². The fourth-order valence-electron chi connectivity index (χ4n) is 4.09. The molecule has 0 spiro atoms. The molecule has 5 rings (SSSR count). The van der Waals surface area contributed by atoms with Crippen LogP contribution in [0.4, 0.5) is 0 Å². The summed E-state index contributed by atoms with van der Waals surface area (Å²) >= 11 is 1.89. The van der Waals surface area contributed by atoms with Crippen LogP contribution < -0.4 is 4.74 Å². The zero-order valence-electron chi connectivity index (χ0n) is 14.2. The third-order valence-corrected chi connectivity index (χ3v) is 6.27. The Hall–Kier alpha value is -2.20. The van der Waals surface area contributed by atoms with E-state index >= 15 is 0 Å². The van der Waals surface area contributed by atoms with Gasteiger partial charge in [0.25, 0.3) is 0 Å². The molecule has 0 amide bonds. The van der Waals surface area contributed by atoms with E-state index in [4.69, 9.17) is 9.73 Å². The Kier molecular flexibility index (Phi) is 3.59. The van der Waals surface area contributed by atoms with Crippen LogP contribution in [0, 0.1) is 0 Å². The lowest BCUT2D eigenvalue weighted by Crippen LogP contribution is -2.32. The summed E-state index contributed by atoms with van der Waals surface area (Å²) in [6, 6.07) is 17.3. The van der Waals surface area contributed by atoms with Crippen LogP contribution in [-0.2, 0) is 6.42 Å². The second-order valence-corrected chi connectivity index (χ2v) is 7.67. The number of aliphatic imine (C=N–C) groups is 1. The molecule has 126 valence electrons. The van der Waals surface area contributed by atoms with Crippen molar-refractivity contribution in [2.45, 2.75) is 18.9 Å². The Morgan fingerprint density at radius 3 is 2.76 bits per heavy atom. The van der Waals surface area contributed by atoms with Crippen LogP contribution in [0.3, 0.4) is 0 Å². The average Bonchev–Trinajstić information content (AvgIpc) is 3.16. The van der Waals surface area contributed by atoms with Gasteiger partial charge in [-0.05, 0) is 41.7 Å². The topological polar surface area (TPSA) is 24.8 Å². The lowest BCUT2D eigenvalue weighted by molar-refractivity contribution is 0.414. The van der Waals surface area contributed by atoms with Gasteiger partial charge >= 0.3 is 0 Å². The highest BCUT2D eigenvalue weighted by Crippen LogP contribution is 2.47. The number of aryl methyl sites for hydroxylation is 1. The molecule has 0 saturated carbocycles. The van der Waals surface area contributed by atoms with E-state index in [0.29, 0.717) is 0 Å². The molecule has 4 heteroatoms. The van der Waals surface area contributed by atoms with Crippen molar-refractivity contribution >= 4 is 22.5 Å². The number of amidine groups is 1. The Morgan fingerprint density at radius 1 is 1.08 bits per heavy atom. The van der Waals surface area contributed by atoms with Gasteiger partial charge in [-0.2, -0.15) is 0 Å². The van der Waals surface area contributed by atoms with Crippen molar-refractivity contribution in [3.05, 3.63) is 70.9 Å². The second-order valence-electron chi connectivity index (χ2n) is 6.60. The van der Waals surface area contributed by atoms with Gasteiger partial charge in [-0.3, -0.25) is 0 Å². The summed E-state index contributed by atoms with van der Waals surface area (Å²) in [4.78, 5) is 7.61. The molecule has 2 aromatic carbocycles. The number of fused-ring (bicyclic) bond motifs is 4. The second kappa shape index (κ2) is 5.95. The van der Waals surface area contributed by atoms with Crippen LogP contribution in [0.15, 0.2) is 59.2 Å². The van der Waals surface area contributed by atoms with Gasteiger partial charge in [-0.25, -0.2) is 4.99 Å². The molecule has 1 fully saturated rings. The van der Waals surface area contributed by atoms with E-state index in [1.807, 2.05) is 23.9 Å². The van der Waals surface area contributed by atoms with Gasteiger partial charge in [0.15, 0.2) is 5.17 Å². The number of thioether (sulfide) groups is 1. The molecule has 1 unspecified atom stereocenters. The first-order valence-corrected chi connectivity index (χ1v) is 9.77. The molecule has 1 saturated heterocycles. The van der Waals surface area contributed by atoms with Crippen molar-refractivity contribution in [1.82, 2.24) is 4.90 Å². The molecule has 2 aromatic rings. The lowest BCUT2D eigenvalue weighted by atomic mass is 9.81. The summed E-state index contributed by atoms with van der Waals surface area (Å²) in [7, 11) is 1.71. The molecular weight excluding hydrogens is 328 g/mol. The number of nitrogens with zero attached hydrogens (tertiary/aromatic N) is 2. The van der Waals surface area contributed by atoms with Crippen LogP contribution >= 0.6 is 11.8 Å². The first-order valence-electron chi connectivity index (χ1n) is 8.78. The molecule has 3 nitrogen and oxygen atoms in total. The Balaban J connectivity index is 1.68. The summed E-state index contributed by atoms with van der Waals surface area (Å²) in [5.41, 5.74) is 6.95. The minimum absolute atomic E-state index is 0.0826. The fraction of sp³-hybridized carbons (Fsp3) is 0.286. The first-order chi connectivity index (χ1) is 12.3. The van der Waals surface area contributed by atoms with E-state index in [1.54, 1.807) is 7.11 Å². The molecule has 0 radical (unpaired) electrons. The number of methoxy groups -OCH3 is 1. The molecule has 0 aromatic heterocycles. The highest BCUT2D eigenvalue weighted by molar-refractivity contribution is 8.14. The van der Waals surface area contributed by atoms with Crippen LogP contribution in [0.1, 0.15) is 29.2 Å². The number of allylic oxidation sites excluding steroid dienone is 1. The third kappa shape index (κ3) is 2.39. The first kappa shape index (κ1) is 15.1. The molecule has 0 N–H and O–H groups in total. The Labute approximate surface area is 152 Å². The van der Waals surface area contributed by atoms with Crippen LogP contribution in [0.25, 0.3) is 5.57 Å². The normalized spacial score (nSPS) is 21.4. The van der Waals surface area contributed by atoms with Gasteiger partial charge in [0.05, 0.1) is 7.11 Å². The minimum Gasteiger partial charge on any atom is -0.497 e. The average molecular weight is 348 g/mol. The molecule has 0 bridgehead atoms. The maximum atomic E-state index is 5.33. The maximum absolute atomic E-state index is 5.33. The lowest BCUT2D eigenvalue weighted by Gasteiger charge is -2.36. The van der Waals surface area contributed by atoms with Gasteiger partial charge in [0, 0.05) is 23.6 Å². The van der Waals surface area contributed by atoms with Crippen molar-refractivity contribution in [2.75, 3.05) is 19.4 Å². The third-order valence-electron chi connectivity index (χ3n) is 5.30. The molecule has 1 atom stereocenters. The van der Waals surface area contributed by atoms with E-state index in [2.05, 4.69) is 41.3 Å². The Bertz CT molecular complexity index is 885. The summed E-state index contributed by atoms with van der Waals surface area (Å²) in [5, 5.41) is 1.19. The van der Waals surface area contributed by atoms with Gasteiger partial charge in [0.2, 0.25) is 0 Å². The predicted octanol–water partition coefficient (Wildman–Crippen LogP) is 4.51. The maximum Gasteiger partial charge on any atom is 0.164 e. The van der Waals surface area contributed by atoms with Crippen molar-refractivity contribution in [2.24, 2.45) is 4.99 Å². The van der Waals surface area contributed by atoms with E-state index in [1.165, 1.54) is 33.1 Å². The molecule has 2 aliphatic heterocycles. The van der Waals surface area contributed by atoms with Crippen LogP contribution in [0.5, 0.6) is 5.75 Å². The molecule has 25 heavy (non-hydrogen) atoms. The quantitative estimate of drug-likeness (QED) is 0.798. The zero-order valence-corrected chi connectivity index (χ0v) is 15.1. The van der Waals surface area contributed by atoms with Crippen molar-refractivity contribution < 1.29 is 4.74 Å². The molecule has 1 aliphatic carbocycles. The van der Waals surface area contributed by atoms with E-state index in [0.717, 1.165) is 30.9 Å². The summed E-state index contributed by atoms with van der Waals surface area (Å²) in [6.45, 7) is 1.08. The molecule has 2 heterocycles. The van der Waals surface area contributed by atoms with Crippen LogP contribution in [-0.4, -0.2) is 29.5 Å². The monoisotopic (exact) mass is 348 g/mol. The summed E-state index contributed by atoms with van der Waals surface area (Å²) < 4.78 is 5.33.